The largest absolute Gasteiger partial charge is 0.494 e. The molecule has 0 saturated carbocycles. The monoisotopic (exact) mass is 312 g/mol. The average Bonchev–Trinajstić information content (AvgIpc) is 3.00. The number of amides is 1. The molecule has 8 nitrogen and oxygen atoms in total. The summed E-state index contributed by atoms with van der Waals surface area (Å²) >= 11 is 0. The first-order valence-corrected chi connectivity index (χ1v) is 6.08. The number of aromatic nitrogens is 4. The zero-order valence-corrected chi connectivity index (χ0v) is 12.5. The first-order valence-electron chi connectivity index (χ1n) is 6.08. The van der Waals surface area contributed by atoms with Crippen LogP contribution in [0.4, 0.5) is 5.69 Å². The Morgan fingerprint density at radius 2 is 2.29 bits per heavy atom. The fourth-order valence-electron chi connectivity index (χ4n) is 1.59. The third kappa shape index (κ3) is 3.89. The molecule has 0 saturated heterocycles. The van der Waals surface area contributed by atoms with Crippen molar-refractivity contribution >= 4 is 24.0 Å². The van der Waals surface area contributed by atoms with E-state index in [1.165, 1.54) is 11.0 Å². The zero-order chi connectivity index (χ0) is 14.5. The van der Waals surface area contributed by atoms with Crippen LogP contribution in [0.3, 0.4) is 0 Å². The van der Waals surface area contributed by atoms with E-state index in [1.807, 2.05) is 0 Å². The van der Waals surface area contributed by atoms with E-state index in [0.29, 0.717) is 23.7 Å². The Bertz CT molecular complexity index is 589. The van der Waals surface area contributed by atoms with E-state index in [-0.39, 0.29) is 24.2 Å². The number of carbonyl (C=O) groups excluding carboxylic acids is 1. The number of halogens is 1. The van der Waals surface area contributed by atoms with Gasteiger partial charge >= 0.3 is 0 Å². The molecule has 3 N–H and O–H groups in total. The molecule has 21 heavy (non-hydrogen) atoms. The van der Waals surface area contributed by atoms with Gasteiger partial charge in [-0.25, -0.2) is 0 Å². The molecule has 0 bridgehead atoms. The lowest BCUT2D eigenvalue weighted by Crippen LogP contribution is -2.26. The second-order valence-electron chi connectivity index (χ2n) is 4.27. The molecule has 1 aromatic carbocycles. The molecule has 2 rings (SSSR count). The highest BCUT2D eigenvalue weighted by Crippen LogP contribution is 2.25. The van der Waals surface area contributed by atoms with Crippen LogP contribution in [0.15, 0.2) is 24.5 Å². The van der Waals surface area contributed by atoms with Crippen LogP contribution < -0.4 is 15.8 Å². The van der Waals surface area contributed by atoms with Gasteiger partial charge in [-0.3, -0.25) is 4.79 Å². The summed E-state index contributed by atoms with van der Waals surface area (Å²) < 4.78 is 6.71. The summed E-state index contributed by atoms with van der Waals surface area (Å²) in [6.07, 6.45) is 1.45. The van der Waals surface area contributed by atoms with Gasteiger partial charge in [0.25, 0.3) is 0 Å². The van der Waals surface area contributed by atoms with Crippen LogP contribution in [0.25, 0.3) is 5.69 Å². The minimum absolute atomic E-state index is 0. The topological polar surface area (TPSA) is 108 Å². The number of nitrogens with zero attached hydrogens (tertiary/aromatic N) is 4. The first-order chi connectivity index (χ1) is 9.65. The van der Waals surface area contributed by atoms with Crippen molar-refractivity contribution < 1.29 is 9.53 Å². The summed E-state index contributed by atoms with van der Waals surface area (Å²) in [4.78, 5) is 11.8. The highest BCUT2D eigenvalue weighted by atomic mass is 35.5. The molecule has 0 fully saturated rings. The van der Waals surface area contributed by atoms with Crippen molar-refractivity contribution in [3.63, 3.8) is 0 Å². The highest BCUT2D eigenvalue weighted by molar-refractivity contribution is 5.92. The highest BCUT2D eigenvalue weighted by Gasteiger charge is 2.13. The molecule has 114 valence electrons. The van der Waals surface area contributed by atoms with Gasteiger partial charge in [-0.15, -0.1) is 17.5 Å². The maximum absolute atomic E-state index is 11.8. The molecule has 0 aliphatic heterocycles. The summed E-state index contributed by atoms with van der Waals surface area (Å²) in [5.74, 6) is 0.205. The standard InChI is InChI=1S/C12H16N6O2.ClH/c1-8(6-13)12(19)15-9-3-4-11(20-2)10(5-9)18-7-14-16-17-18;/h3-5,7-8H,6,13H2,1-2H3,(H,15,19);1H. The quantitative estimate of drug-likeness (QED) is 0.838. The van der Waals surface area contributed by atoms with Gasteiger partial charge < -0.3 is 15.8 Å². The Morgan fingerprint density at radius 1 is 1.52 bits per heavy atom. The summed E-state index contributed by atoms with van der Waals surface area (Å²) in [5, 5.41) is 13.8. The Kier molecular flexibility index (Phi) is 6.07. The molecule has 1 aromatic heterocycles. The molecule has 9 heteroatoms. The normalized spacial score (nSPS) is 11.4. The number of methoxy groups -OCH3 is 1. The van der Waals surface area contributed by atoms with Crippen LogP contribution in [0.2, 0.25) is 0 Å². The second kappa shape index (κ2) is 7.55. The van der Waals surface area contributed by atoms with Gasteiger partial charge in [0.2, 0.25) is 5.91 Å². The van der Waals surface area contributed by atoms with Gasteiger partial charge in [0.15, 0.2) is 0 Å². The van der Waals surface area contributed by atoms with E-state index in [9.17, 15) is 4.79 Å². The number of nitrogens with one attached hydrogen (secondary N) is 1. The van der Waals surface area contributed by atoms with Crippen molar-refractivity contribution in [1.29, 1.82) is 0 Å². The molecule has 1 heterocycles. The Hall–Kier alpha value is -2.19. The number of hydrogen-bond acceptors (Lipinski definition) is 6. The number of rotatable bonds is 5. The van der Waals surface area contributed by atoms with Crippen molar-refractivity contribution in [2.24, 2.45) is 11.7 Å². The molecule has 1 amide bonds. The maximum Gasteiger partial charge on any atom is 0.228 e. The van der Waals surface area contributed by atoms with E-state index in [0.717, 1.165) is 0 Å². The van der Waals surface area contributed by atoms with Crippen molar-refractivity contribution in [3.8, 4) is 11.4 Å². The SMILES string of the molecule is COc1ccc(NC(=O)C(C)CN)cc1-n1cnnn1.Cl. The molecule has 0 aliphatic carbocycles. The summed E-state index contributed by atoms with van der Waals surface area (Å²) in [6.45, 7) is 2.06. The fraction of sp³-hybridized carbons (Fsp3) is 0.333. The van der Waals surface area contributed by atoms with E-state index >= 15 is 0 Å². The first kappa shape index (κ1) is 16.9. The Balaban J connectivity index is 0.00000220. The van der Waals surface area contributed by atoms with Crippen molar-refractivity contribution in [2.45, 2.75) is 6.92 Å². The minimum atomic E-state index is -0.256. The molecule has 1 unspecified atom stereocenters. The van der Waals surface area contributed by atoms with Crippen LogP contribution in [-0.4, -0.2) is 39.8 Å². The van der Waals surface area contributed by atoms with Gasteiger partial charge in [-0.05, 0) is 28.6 Å². The van der Waals surface area contributed by atoms with Crippen LogP contribution in [0, 0.1) is 5.92 Å². The van der Waals surface area contributed by atoms with Crippen LogP contribution in [0.1, 0.15) is 6.92 Å². The number of nitrogens with two attached hydrogens (primary N) is 1. The van der Waals surface area contributed by atoms with Gasteiger partial charge in [0, 0.05) is 18.2 Å². The predicted octanol–water partition coefficient (Wildman–Crippen LogP) is 0.626. The molecule has 0 spiro atoms. The van der Waals surface area contributed by atoms with Crippen LogP contribution >= 0.6 is 12.4 Å². The Morgan fingerprint density at radius 3 is 2.86 bits per heavy atom. The second-order valence-corrected chi connectivity index (χ2v) is 4.27. The van der Waals surface area contributed by atoms with Gasteiger partial charge in [0.1, 0.15) is 17.8 Å². The van der Waals surface area contributed by atoms with E-state index in [4.69, 9.17) is 10.5 Å². The van der Waals surface area contributed by atoms with Crippen molar-refractivity contribution in [2.75, 3.05) is 19.0 Å². The predicted molar refractivity (Wildman–Crippen MR) is 79.8 cm³/mol. The lowest BCUT2D eigenvalue weighted by Gasteiger charge is -2.13. The maximum atomic E-state index is 11.8. The summed E-state index contributed by atoms with van der Waals surface area (Å²) in [6, 6.07) is 5.21. The number of anilines is 1. The van der Waals surface area contributed by atoms with Gasteiger partial charge in [-0.2, -0.15) is 4.68 Å². The minimum Gasteiger partial charge on any atom is -0.494 e. The summed E-state index contributed by atoms with van der Waals surface area (Å²) in [5.41, 5.74) is 6.73. The number of benzene rings is 1. The number of ether oxygens (including phenoxy) is 1. The molecular weight excluding hydrogens is 296 g/mol. The molecule has 2 aromatic rings. The third-order valence-electron chi connectivity index (χ3n) is 2.84. The molecule has 0 radical (unpaired) electrons. The van der Waals surface area contributed by atoms with E-state index in [2.05, 4.69) is 20.8 Å². The van der Waals surface area contributed by atoms with E-state index < -0.39 is 0 Å². The summed E-state index contributed by atoms with van der Waals surface area (Å²) in [7, 11) is 1.55. The van der Waals surface area contributed by atoms with Crippen molar-refractivity contribution in [1.82, 2.24) is 20.2 Å². The van der Waals surface area contributed by atoms with Crippen LogP contribution in [-0.2, 0) is 4.79 Å². The van der Waals surface area contributed by atoms with Crippen LogP contribution in [0.5, 0.6) is 5.75 Å². The number of hydrogen-bond donors (Lipinski definition) is 2. The third-order valence-corrected chi connectivity index (χ3v) is 2.84. The van der Waals surface area contributed by atoms with Crippen molar-refractivity contribution in [3.05, 3.63) is 24.5 Å². The zero-order valence-electron chi connectivity index (χ0n) is 11.7. The molecule has 0 aliphatic rings. The molecule has 1 atom stereocenters. The van der Waals surface area contributed by atoms with Gasteiger partial charge in [-0.1, -0.05) is 6.92 Å². The number of carbonyl (C=O) groups is 1. The molecular formula is C12H17ClN6O2. The average molecular weight is 313 g/mol. The fourth-order valence-corrected chi connectivity index (χ4v) is 1.59. The number of tetrazole rings is 1. The van der Waals surface area contributed by atoms with E-state index in [1.54, 1.807) is 32.2 Å². The van der Waals surface area contributed by atoms with Gasteiger partial charge in [0.05, 0.1) is 7.11 Å². The lowest BCUT2D eigenvalue weighted by molar-refractivity contribution is -0.119. The lowest BCUT2D eigenvalue weighted by atomic mass is 10.1. The smallest absolute Gasteiger partial charge is 0.228 e. The Labute approximate surface area is 128 Å².